The highest BCUT2D eigenvalue weighted by atomic mass is 16.5. The van der Waals surface area contributed by atoms with Gasteiger partial charge in [0.05, 0.1) is 0 Å². The topological polar surface area (TPSA) is 104 Å². The van der Waals surface area contributed by atoms with E-state index < -0.39 is 0 Å². The second-order valence-corrected chi connectivity index (χ2v) is 8.15. The van der Waals surface area contributed by atoms with Crippen LogP contribution in [0.1, 0.15) is 18.4 Å². The standard InChI is InChI=1S/C24H24N6O3/c31-21-11-10-20(26-27-21)24(32)30-14-12-29(13-15-30)16-17-6-8-18(9-7-17)22-25-23(33-28-22)19-4-2-1-3-5-19/h1-9H,10-16H2,(H,27,31). The van der Waals surface area contributed by atoms with Crippen LogP contribution < -0.4 is 5.43 Å². The Balaban J connectivity index is 1.15. The van der Waals surface area contributed by atoms with Crippen LogP contribution in [0.3, 0.4) is 0 Å². The van der Waals surface area contributed by atoms with E-state index in [9.17, 15) is 9.59 Å². The van der Waals surface area contributed by atoms with Crippen LogP contribution in [0.25, 0.3) is 22.8 Å². The molecule has 1 fully saturated rings. The molecule has 0 radical (unpaired) electrons. The molecule has 2 aliphatic heterocycles. The zero-order valence-corrected chi connectivity index (χ0v) is 18.1. The fourth-order valence-corrected chi connectivity index (χ4v) is 3.98. The number of carbonyl (C=O) groups excluding carboxylic acids is 2. The maximum Gasteiger partial charge on any atom is 0.270 e. The molecule has 1 saturated heterocycles. The second-order valence-electron chi connectivity index (χ2n) is 8.15. The number of amides is 2. The predicted molar refractivity (Wildman–Crippen MR) is 122 cm³/mol. The van der Waals surface area contributed by atoms with E-state index in [2.05, 4.69) is 37.7 Å². The molecule has 9 nitrogen and oxygen atoms in total. The molecule has 0 saturated carbocycles. The summed E-state index contributed by atoms with van der Waals surface area (Å²) in [7, 11) is 0. The average molecular weight is 444 g/mol. The van der Waals surface area contributed by atoms with Crippen LogP contribution in [-0.4, -0.2) is 63.6 Å². The van der Waals surface area contributed by atoms with Crippen LogP contribution in [0.2, 0.25) is 0 Å². The lowest BCUT2D eigenvalue weighted by Crippen LogP contribution is -2.51. The van der Waals surface area contributed by atoms with E-state index in [0.29, 0.717) is 43.4 Å². The molecule has 5 rings (SSSR count). The van der Waals surface area contributed by atoms with Crippen LogP contribution >= 0.6 is 0 Å². The first kappa shape index (κ1) is 21.0. The Labute approximate surface area is 191 Å². The van der Waals surface area contributed by atoms with Gasteiger partial charge in [-0.15, -0.1) is 0 Å². The number of aromatic nitrogens is 2. The van der Waals surface area contributed by atoms with Crippen LogP contribution in [0.15, 0.2) is 64.2 Å². The Morgan fingerprint density at radius 1 is 0.939 bits per heavy atom. The van der Waals surface area contributed by atoms with Gasteiger partial charge in [-0.3, -0.25) is 14.5 Å². The van der Waals surface area contributed by atoms with Gasteiger partial charge in [-0.1, -0.05) is 47.6 Å². The smallest absolute Gasteiger partial charge is 0.270 e. The van der Waals surface area contributed by atoms with E-state index in [4.69, 9.17) is 4.52 Å². The molecule has 33 heavy (non-hydrogen) atoms. The summed E-state index contributed by atoms with van der Waals surface area (Å²) in [6.45, 7) is 3.68. The molecule has 2 amide bonds. The number of hydrogen-bond acceptors (Lipinski definition) is 7. The molecular weight excluding hydrogens is 420 g/mol. The molecular formula is C24H24N6O3. The van der Waals surface area contributed by atoms with Crippen molar-refractivity contribution >= 4 is 17.5 Å². The Kier molecular flexibility index (Phi) is 5.95. The Morgan fingerprint density at radius 2 is 1.70 bits per heavy atom. The fraction of sp³-hybridized carbons (Fsp3) is 0.292. The molecule has 0 bridgehead atoms. The van der Waals surface area contributed by atoms with Crippen molar-refractivity contribution in [3.8, 4) is 22.8 Å². The van der Waals surface area contributed by atoms with Gasteiger partial charge in [0, 0.05) is 56.7 Å². The zero-order valence-electron chi connectivity index (χ0n) is 18.1. The Morgan fingerprint density at radius 3 is 2.39 bits per heavy atom. The minimum Gasteiger partial charge on any atom is -0.335 e. The molecule has 9 heteroatoms. The summed E-state index contributed by atoms with van der Waals surface area (Å²) in [6.07, 6.45) is 0.725. The monoisotopic (exact) mass is 444 g/mol. The first-order valence-electron chi connectivity index (χ1n) is 11.0. The van der Waals surface area contributed by atoms with E-state index >= 15 is 0 Å². The highest BCUT2D eigenvalue weighted by molar-refractivity contribution is 6.39. The lowest BCUT2D eigenvalue weighted by atomic mass is 10.1. The van der Waals surface area contributed by atoms with Gasteiger partial charge in [0.2, 0.25) is 11.7 Å². The molecule has 1 N–H and O–H groups in total. The normalized spacial score (nSPS) is 16.9. The summed E-state index contributed by atoms with van der Waals surface area (Å²) in [5, 5.41) is 8.03. The Hall–Kier alpha value is -3.85. The van der Waals surface area contributed by atoms with Gasteiger partial charge in [0.25, 0.3) is 11.8 Å². The molecule has 3 heterocycles. The van der Waals surface area contributed by atoms with Gasteiger partial charge >= 0.3 is 0 Å². The third kappa shape index (κ3) is 4.83. The molecule has 1 aromatic heterocycles. The van der Waals surface area contributed by atoms with Gasteiger partial charge in [-0.25, -0.2) is 5.43 Å². The van der Waals surface area contributed by atoms with Crippen molar-refractivity contribution in [3.05, 3.63) is 60.2 Å². The first-order valence-corrected chi connectivity index (χ1v) is 11.0. The molecule has 0 atom stereocenters. The summed E-state index contributed by atoms with van der Waals surface area (Å²) >= 11 is 0. The van der Waals surface area contributed by atoms with Crippen LogP contribution in [0.4, 0.5) is 0 Å². The van der Waals surface area contributed by atoms with E-state index in [1.165, 1.54) is 5.56 Å². The number of benzene rings is 2. The van der Waals surface area contributed by atoms with Crippen molar-refractivity contribution in [1.82, 2.24) is 25.4 Å². The van der Waals surface area contributed by atoms with Gasteiger partial charge in [-0.05, 0) is 17.7 Å². The minimum atomic E-state index is -0.140. The number of rotatable bonds is 5. The van der Waals surface area contributed by atoms with Gasteiger partial charge in [0.15, 0.2) is 0 Å². The van der Waals surface area contributed by atoms with E-state index in [-0.39, 0.29) is 11.8 Å². The van der Waals surface area contributed by atoms with Crippen molar-refractivity contribution in [1.29, 1.82) is 0 Å². The van der Waals surface area contributed by atoms with Crippen LogP contribution in [0, 0.1) is 0 Å². The zero-order chi connectivity index (χ0) is 22.6. The number of piperazine rings is 1. The number of nitrogens with one attached hydrogen (secondary N) is 1. The van der Waals surface area contributed by atoms with E-state index in [0.717, 1.165) is 30.8 Å². The molecule has 0 aliphatic carbocycles. The summed E-state index contributed by atoms with van der Waals surface area (Å²) in [4.78, 5) is 32.5. The molecule has 3 aromatic rings. The minimum absolute atomic E-state index is 0.0750. The van der Waals surface area contributed by atoms with Crippen molar-refractivity contribution in [2.45, 2.75) is 19.4 Å². The van der Waals surface area contributed by atoms with Gasteiger partial charge in [0.1, 0.15) is 5.71 Å². The second kappa shape index (κ2) is 9.33. The molecule has 2 aliphatic rings. The van der Waals surface area contributed by atoms with Crippen molar-refractivity contribution in [2.24, 2.45) is 5.10 Å². The number of nitrogens with zero attached hydrogens (tertiary/aromatic N) is 5. The maximum absolute atomic E-state index is 12.6. The largest absolute Gasteiger partial charge is 0.335 e. The first-order chi connectivity index (χ1) is 16.2. The quantitative estimate of drug-likeness (QED) is 0.648. The highest BCUT2D eigenvalue weighted by Crippen LogP contribution is 2.22. The molecule has 168 valence electrons. The summed E-state index contributed by atoms with van der Waals surface area (Å²) in [5.41, 5.74) is 5.82. The summed E-state index contributed by atoms with van der Waals surface area (Å²) < 4.78 is 5.40. The third-order valence-electron chi connectivity index (χ3n) is 5.88. The summed E-state index contributed by atoms with van der Waals surface area (Å²) in [6, 6.07) is 17.9. The lowest BCUT2D eigenvalue weighted by molar-refractivity contribution is -0.126. The molecule has 0 spiro atoms. The van der Waals surface area contributed by atoms with Crippen molar-refractivity contribution < 1.29 is 14.1 Å². The van der Waals surface area contributed by atoms with Crippen LogP contribution in [-0.2, 0) is 16.1 Å². The molecule has 0 unspecified atom stereocenters. The highest BCUT2D eigenvalue weighted by Gasteiger charge is 2.26. The number of carbonyl (C=O) groups is 2. The van der Waals surface area contributed by atoms with Gasteiger partial charge in [-0.2, -0.15) is 10.1 Å². The summed E-state index contributed by atoms with van der Waals surface area (Å²) in [5.74, 6) is 0.852. The number of hydrazone groups is 1. The van der Waals surface area contributed by atoms with Crippen molar-refractivity contribution in [2.75, 3.05) is 26.2 Å². The van der Waals surface area contributed by atoms with E-state index in [1.807, 2.05) is 47.4 Å². The fourth-order valence-electron chi connectivity index (χ4n) is 3.98. The third-order valence-corrected chi connectivity index (χ3v) is 5.88. The lowest BCUT2D eigenvalue weighted by Gasteiger charge is -2.35. The number of hydrogen-bond donors (Lipinski definition) is 1. The molecule has 2 aromatic carbocycles. The van der Waals surface area contributed by atoms with Gasteiger partial charge < -0.3 is 9.42 Å². The van der Waals surface area contributed by atoms with Crippen molar-refractivity contribution in [3.63, 3.8) is 0 Å². The SMILES string of the molecule is O=C1CCC(C(=O)N2CCN(Cc3ccc(-c4noc(-c5ccccc5)n4)cc3)CC2)=NN1. The van der Waals surface area contributed by atoms with Crippen LogP contribution in [0.5, 0.6) is 0 Å². The average Bonchev–Trinajstić information content (AvgIpc) is 3.36. The predicted octanol–water partition coefficient (Wildman–Crippen LogP) is 2.31. The maximum atomic E-state index is 12.6. The Bertz CT molecular complexity index is 1160. The van der Waals surface area contributed by atoms with E-state index in [1.54, 1.807) is 0 Å².